The highest BCUT2D eigenvalue weighted by molar-refractivity contribution is 6.33. The van der Waals surface area contributed by atoms with Gasteiger partial charge < -0.3 is 10.6 Å². The molecule has 3 aromatic rings. The second-order valence-electron chi connectivity index (χ2n) is 6.58. The van der Waals surface area contributed by atoms with E-state index in [1.807, 2.05) is 26.0 Å². The van der Waals surface area contributed by atoms with Gasteiger partial charge in [0.05, 0.1) is 10.7 Å². The molecular weight excluding hydrogens is 374 g/mol. The number of aromatic nitrogens is 1. The van der Waals surface area contributed by atoms with Crippen molar-refractivity contribution in [3.05, 3.63) is 82.1 Å². The first-order chi connectivity index (χ1) is 13.3. The van der Waals surface area contributed by atoms with Crippen LogP contribution in [0.4, 0.5) is 17.1 Å². The van der Waals surface area contributed by atoms with Crippen LogP contribution in [0.5, 0.6) is 0 Å². The summed E-state index contributed by atoms with van der Waals surface area (Å²) in [4.78, 5) is 28.2. The maximum Gasteiger partial charge on any atom is 0.274 e. The summed E-state index contributed by atoms with van der Waals surface area (Å²) in [6.07, 6.45) is 1.56. The third-order valence-corrected chi connectivity index (χ3v) is 4.52. The molecule has 0 aliphatic heterocycles. The molecular formula is C22H20ClN3O2. The summed E-state index contributed by atoms with van der Waals surface area (Å²) in [5.41, 5.74) is 4.90. The molecule has 0 spiro atoms. The Morgan fingerprint density at radius 2 is 1.79 bits per heavy atom. The Morgan fingerprint density at radius 3 is 2.50 bits per heavy atom. The van der Waals surface area contributed by atoms with Gasteiger partial charge in [-0.25, -0.2) is 0 Å². The van der Waals surface area contributed by atoms with Gasteiger partial charge in [-0.15, -0.1) is 0 Å². The summed E-state index contributed by atoms with van der Waals surface area (Å²) in [6.45, 7) is 5.44. The molecule has 0 unspecified atom stereocenters. The Kier molecular flexibility index (Phi) is 5.76. The number of anilines is 3. The Bertz CT molecular complexity index is 1040. The summed E-state index contributed by atoms with van der Waals surface area (Å²) in [7, 11) is 0. The van der Waals surface area contributed by atoms with Gasteiger partial charge in [-0.3, -0.25) is 14.6 Å². The van der Waals surface area contributed by atoms with Crippen molar-refractivity contribution in [3.8, 4) is 0 Å². The van der Waals surface area contributed by atoms with Crippen molar-refractivity contribution < 1.29 is 9.59 Å². The van der Waals surface area contributed by atoms with Gasteiger partial charge in [-0.05, 0) is 62.2 Å². The van der Waals surface area contributed by atoms with Crippen LogP contribution in [0.15, 0.2) is 54.7 Å². The molecule has 3 rings (SSSR count). The van der Waals surface area contributed by atoms with E-state index in [-0.39, 0.29) is 17.4 Å². The highest BCUT2D eigenvalue weighted by Gasteiger charge is 2.11. The molecule has 0 atom stereocenters. The van der Waals surface area contributed by atoms with E-state index in [4.69, 9.17) is 11.6 Å². The third kappa shape index (κ3) is 4.56. The lowest BCUT2D eigenvalue weighted by Crippen LogP contribution is -2.14. The molecule has 0 saturated heterocycles. The predicted molar refractivity (Wildman–Crippen MR) is 113 cm³/mol. The summed E-state index contributed by atoms with van der Waals surface area (Å²) >= 11 is 6.35. The largest absolute Gasteiger partial charge is 0.354 e. The summed E-state index contributed by atoms with van der Waals surface area (Å²) < 4.78 is 0. The number of pyridine rings is 1. The number of aryl methyl sites for hydroxylation is 2. The molecule has 0 saturated carbocycles. The van der Waals surface area contributed by atoms with Crippen LogP contribution < -0.4 is 10.6 Å². The lowest BCUT2D eigenvalue weighted by Gasteiger charge is -2.13. The van der Waals surface area contributed by atoms with Crippen LogP contribution in [-0.2, 0) is 0 Å². The number of nitrogens with zero attached hydrogens (tertiary/aromatic N) is 1. The number of rotatable bonds is 5. The maximum atomic E-state index is 12.6. The Morgan fingerprint density at radius 1 is 1.00 bits per heavy atom. The van der Waals surface area contributed by atoms with Gasteiger partial charge in [0.1, 0.15) is 5.69 Å². The monoisotopic (exact) mass is 393 g/mol. The number of ketones is 1. The number of nitrogens with one attached hydrogen (secondary N) is 2. The number of amides is 1. The minimum atomic E-state index is -0.365. The Balaban J connectivity index is 1.80. The van der Waals surface area contributed by atoms with Crippen molar-refractivity contribution in [2.75, 3.05) is 10.6 Å². The number of hydrogen-bond acceptors (Lipinski definition) is 4. The molecule has 0 aliphatic rings. The van der Waals surface area contributed by atoms with E-state index in [0.717, 1.165) is 16.8 Å². The zero-order valence-corrected chi connectivity index (χ0v) is 16.6. The Hall–Kier alpha value is -3.18. The summed E-state index contributed by atoms with van der Waals surface area (Å²) in [5, 5.41) is 6.63. The molecule has 28 heavy (non-hydrogen) atoms. The molecule has 0 bridgehead atoms. The molecule has 1 heterocycles. The third-order valence-electron chi connectivity index (χ3n) is 4.22. The van der Waals surface area contributed by atoms with E-state index in [2.05, 4.69) is 15.6 Å². The van der Waals surface area contributed by atoms with Crippen LogP contribution >= 0.6 is 11.6 Å². The average molecular weight is 394 g/mol. The van der Waals surface area contributed by atoms with Gasteiger partial charge in [0.25, 0.3) is 5.91 Å². The van der Waals surface area contributed by atoms with Crippen molar-refractivity contribution >= 4 is 40.4 Å². The molecule has 5 nitrogen and oxygen atoms in total. The Labute approximate surface area is 168 Å². The second-order valence-corrected chi connectivity index (χ2v) is 6.99. The number of carbonyl (C=O) groups is 2. The number of Topliss-reactive ketones (excluding diaryl/α,β-unsaturated/α-hetero) is 1. The van der Waals surface area contributed by atoms with Crippen LogP contribution in [0.2, 0.25) is 5.02 Å². The molecule has 1 aromatic heterocycles. The second kappa shape index (κ2) is 8.23. The molecule has 2 aromatic carbocycles. The standard InChI is InChI=1S/C22H20ClN3O2/c1-13-9-14(2)21(19(23)10-13)25-18-7-8-24-20(12-18)22(28)26-17-6-4-5-16(11-17)15(3)27/h4-12H,1-3H3,(H,24,25)(H,26,28). The minimum absolute atomic E-state index is 0.0641. The molecule has 0 fully saturated rings. The van der Waals surface area contributed by atoms with E-state index in [1.54, 1.807) is 42.6 Å². The maximum absolute atomic E-state index is 12.6. The first kappa shape index (κ1) is 19.6. The van der Waals surface area contributed by atoms with Crippen LogP contribution in [0.25, 0.3) is 0 Å². The first-order valence-corrected chi connectivity index (χ1v) is 9.13. The van der Waals surface area contributed by atoms with E-state index in [1.165, 1.54) is 6.92 Å². The van der Waals surface area contributed by atoms with Gasteiger partial charge in [0.2, 0.25) is 0 Å². The van der Waals surface area contributed by atoms with Gasteiger partial charge in [-0.1, -0.05) is 29.8 Å². The van der Waals surface area contributed by atoms with Crippen molar-refractivity contribution in [1.82, 2.24) is 4.98 Å². The van der Waals surface area contributed by atoms with E-state index >= 15 is 0 Å². The molecule has 6 heteroatoms. The van der Waals surface area contributed by atoms with Crippen molar-refractivity contribution in [2.24, 2.45) is 0 Å². The molecule has 2 N–H and O–H groups in total. The zero-order chi connectivity index (χ0) is 20.3. The van der Waals surface area contributed by atoms with Crippen LogP contribution in [0.1, 0.15) is 38.9 Å². The number of carbonyl (C=O) groups excluding carboxylic acids is 2. The highest BCUT2D eigenvalue weighted by atomic mass is 35.5. The first-order valence-electron chi connectivity index (χ1n) is 8.75. The van der Waals surface area contributed by atoms with E-state index in [0.29, 0.717) is 22.0 Å². The highest BCUT2D eigenvalue weighted by Crippen LogP contribution is 2.30. The fourth-order valence-corrected chi connectivity index (χ4v) is 3.23. The van der Waals surface area contributed by atoms with Crippen LogP contribution in [0, 0.1) is 13.8 Å². The fourth-order valence-electron chi connectivity index (χ4n) is 2.86. The predicted octanol–water partition coefficient (Wildman–Crippen LogP) is 5.55. The quantitative estimate of drug-likeness (QED) is 0.557. The molecule has 0 radical (unpaired) electrons. The van der Waals surface area contributed by atoms with Gasteiger partial charge in [0.15, 0.2) is 5.78 Å². The molecule has 1 amide bonds. The average Bonchev–Trinajstić information content (AvgIpc) is 2.65. The van der Waals surface area contributed by atoms with Gasteiger partial charge >= 0.3 is 0 Å². The smallest absolute Gasteiger partial charge is 0.274 e. The van der Waals surface area contributed by atoms with Crippen LogP contribution in [-0.4, -0.2) is 16.7 Å². The number of halogens is 1. The number of hydrogen-bond donors (Lipinski definition) is 2. The number of benzene rings is 2. The fraction of sp³-hybridized carbons (Fsp3) is 0.136. The van der Waals surface area contributed by atoms with E-state index in [9.17, 15) is 9.59 Å². The van der Waals surface area contributed by atoms with Crippen molar-refractivity contribution in [1.29, 1.82) is 0 Å². The van der Waals surface area contributed by atoms with Gasteiger partial charge in [0, 0.05) is 23.1 Å². The van der Waals surface area contributed by atoms with Crippen molar-refractivity contribution in [2.45, 2.75) is 20.8 Å². The van der Waals surface area contributed by atoms with Crippen molar-refractivity contribution in [3.63, 3.8) is 0 Å². The van der Waals surface area contributed by atoms with Gasteiger partial charge in [-0.2, -0.15) is 0 Å². The minimum Gasteiger partial charge on any atom is -0.354 e. The lowest BCUT2D eigenvalue weighted by atomic mass is 10.1. The van der Waals surface area contributed by atoms with E-state index < -0.39 is 0 Å². The molecule has 0 aliphatic carbocycles. The lowest BCUT2D eigenvalue weighted by molar-refractivity contribution is 0.100. The summed E-state index contributed by atoms with van der Waals surface area (Å²) in [6, 6.07) is 14.1. The summed E-state index contributed by atoms with van der Waals surface area (Å²) in [5.74, 6) is -0.429. The zero-order valence-electron chi connectivity index (χ0n) is 15.8. The molecule has 142 valence electrons. The SMILES string of the molecule is CC(=O)c1cccc(NC(=O)c2cc(Nc3c(C)cc(C)cc3Cl)ccn2)c1. The van der Waals surface area contributed by atoms with Crippen LogP contribution in [0.3, 0.4) is 0 Å². The normalized spacial score (nSPS) is 10.4. The topological polar surface area (TPSA) is 71.1 Å².